The van der Waals surface area contributed by atoms with E-state index in [0.29, 0.717) is 0 Å². The number of hydrogen-bond acceptors (Lipinski definition) is 2. The van der Waals surface area contributed by atoms with Gasteiger partial charge in [-0.05, 0) is 26.5 Å². The third-order valence-electron chi connectivity index (χ3n) is 2.17. The molecule has 1 rings (SSSR count). The van der Waals surface area contributed by atoms with Crippen LogP contribution in [0.4, 0.5) is 0 Å². The maximum absolute atomic E-state index is 4.23. The van der Waals surface area contributed by atoms with E-state index in [2.05, 4.69) is 28.4 Å². The molecule has 0 aliphatic rings. The smallest absolute Gasteiger partial charge is 0.0954 e. The van der Waals surface area contributed by atoms with E-state index in [1.165, 1.54) is 11.3 Å². The number of nitrogens with one attached hydrogen (secondary N) is 1. The van der Waals surface area contributed by atoms with Crippen molar-refractivity contribution in [3.63, 3.8) is 0 Å². The van der Waals surface area contributed by atoms with Crippen LogP contribution in [0.1, 0.15) is 11.4 Å². The van der Waals surface area contributed by atoms with Crippen LogP contribution in [0.15, 0.2) is 18.5 Å². The second-order valence-electron chi connectivity index (χ2n) is 3.32. The Balaban J connectivity index is 2.64. The molecule has 0 aromatic carbocycles. The fraction of sp³-hybridized carbons (Fsp3) is 0.500. The third kappa shape index (κ3) is 2.42. The Labute approximate surface area is 79.5 Å². The average molecular weight is 179 g/mol. The van der Waals surface area contributed by atoms with Gasteiger partial charge in [-0.15, -0.1) is 0 Å². The Hall–Kier alpha value is -1.09. The fourth-order valence-corrected chi connectivity index (χ4v) is 1.25. The van der Waals surface area contributed by atoms with Crippen molar-refractivity contribution in [2.24, 2.45) is 0 Å². The highest BCUT2D eigenvalue weighted by Gasteiger charge is 2.02. The fourth-order valence-electron chi connectivity index (χ4n) is 1.25. The van der Waals surface area contributed by atoms with Gasteiger partial charge in [-0.25, -0.2) is 4.98 Å². The van der Waals surface area contributed by atoms with Gasteiger partial charge in [0.25, 0.3) is 0 Å². The first-order valence-electron chi connectivity index (χ1n) is 4.44. The molecular weight excluding hydrogens is 162 g/mol. The number of hydrogen-bond donors (Lipinski definition) is 1. The summed E-state index contributed by atoms with van der Waals surface area (Å²) in [6, 6.07) is 0. The topological polar surface area (TPSA) is 29.9 Å². The highest BCUT2D eigenvalue weighted by Crippen LogP contribution is 2.06. The van der Waals surface area contributed by atoms with Crippen molar-refractivity contribution in [1.82, 2.24) is 14.9 Å². The number of rotatable bonds is 4. The van der Waals surface area contributed by atoms with E-state index < -0.39 is 0 Å². The molecule has 1 N–H and O–H groups in total. The van der Waals surface area contributed by atoms with Crippen molar-refractivity contribution in [2.75, 3.05) is 13.6 Å². The molecule has 3 heteroatoms. The largest absolute Gasteiger partial charge is 0.330 e. The minimum atomic E-state index is 0.855. The lowest BCUT2D eigenvalue weighted by Gasteiger charge is -2.07. The Morgan fingerprint density at radius 2 is 2.31 bits per heavy atom. The summed E-state index contributed by atoms with van der Waals surface area (Å²) in [7, 11) is 1.93. The van der Waals surface area contributed by atoms with Gasteiger partial charge < -0.3 is 9.88 Å². The maximum atomic E-state index is 4.23. The van der Waals surface area contributed by atoms with Crippen molar-refractivity contribution in [1.29, 1.82) is 0 Å². The molecule has 0 saturated carbocycles. The first-order chi connectivity index (χ1) is 6.15. The summed E-state index contributed by atoms with van der Waals surface area (Å²) in [5.41, 5.74) is 3.48. The minimum Gasteiger partial charge on any atom is -0.330 e. The standard InChI is InChI=1S/C10H17N3/c1-8(5-11-4)6-13-7-12-9(2)10(13)3/h7,11H,1,5-6H2,2-4H3. The van der Waals surface area contributed by atoms with Gasteiger partial charge in [0.15, 0.2) is 0 Å². The zero-order valence-electron chi connectivity index (χ0n) is 8.59. The molecule has 0 saturated heterocycles. The van der Waals surface area contributed by atoms with Crippen molar-refractivity contribution in [2.45, 2.75) is 20.4 Å². The van der Waals surface area contributed by atoms with Crippen molar-refractivity contribution in [3.05, 3.63) is 29.9 Å². The van der Waals surface area contributed by atoms with E-state index in [1.54, 1.807) is 0 Å². The van der Waals surface area contributed by atoms with E-state index >= 15 is 0 Å². The quantitative estimate of drug-likeness (QED) is 0.705. The van der Waals surface area contributed by atoms with Crippen LogP contribution in [0.25, 0.3) is 0 Å². The van der Waals surface area contributed by atoms with Gasteiger partial charge >= 0.3 is 0 Å². The van der Waals surface area contributed by atoms with Gasteiger partial charge in [0.05, 0.1) is 12.0 Å². The van der Waals surface area contributed by atoms with Crippen LogP contribution < -0.4 is 5.32 Å². The first kappa shape index (κ1) is 9.99. The molecule has 0 radical (unpaired) electrons. The molecule has 13 heavy (non-hydrogen) atoms. The van der Waals surface area contributed by atoms with Crippen LogP contribution in [0, 0.1) is 13.8 Å². The summed E-state index contributed by atoms with van der Waals surface area (Å²) in [5.74, 6) is 0. The molecule has 0 aliphatic carbocycles. The van der Waals surface area contributed by atoms with Gasteiger partial charge in [-0.3, -0.25) is 0 Å². The van der Waals surface area contributed by atoms with E-state index in [1.807, 2.05) is 20.3 Å². The van der Waals surface area contributed by atoms with Crippen LogP contribution in [-0.4, -0.2) is 23.1 Å². The molecule has 72 valence electrons. The molecule has 1 aromatic rings. The molecule has 3 nitrogen and oxygen atoms in total. The predicted octanol–water partition coefficient (Wildman–Crippen LogP) is 1.28. The van der Waals surface area contributed by atoms with Crippen LogP contribution >= 0.6 is 0 Å². The lowest BCUT2D eigenvalue weighted by Crippen LogP contribution is -2.14. The van der Waals surface area contributed by atoms with Crippen LogP contribution in [0.5, 0.6) is 0 Å². The molecule has 0 amide bonds. The molecule has 1 heterocycles. The zero-order valence-corrected chi connectivity index (χ0v) is 8.59. The third-order valence-corrected chi connectivity index (χ3v) is 2.17. The van der Waals surface area contributed by atoms with Crippen LogP contribution in [0.2, 0.25) is 0 Å². The SMILES string of the molecule is C=C(CNC)Cn1cnc(C)c1C. The Kier molecular flexibility index (Phi) is 3.25. The van der Waals surface area contributed by atoms with E-state index in [0.717, 1.165) is 18.8 Å². The van der Waals surface area contributed by atoms with Crippen molar-refractivity contribution in [3.8, 4) is 0 Å². The Bertz CT molecular complexity index is 299. The Morgan fingerprint density at radius 1 is 1.62 bits per heavy atom. The number of aromatic nitrogens is 2. The highest BCUT2D eigenvalue weighted by molar-refractivity contribution is 5.11. The highest BCUT2D eigenvalue weighted by atomic mass is 15.1. The number of nitrogens with zero attached hydrogens (tertiary/aromatic N) is 2. The number of likely N-dealkylation sites (N-methyl/N-ethyl adjacent to an activating group) is 1. The molecule has 1 aromatic heterocycles. The lowest BCUT2D eigenvalue weighted by atomic mass is 10.3. The summed E-state index contributed by atoms with van der Waals surface area (Å²) < 4.78 is 2.12. The van der Waals surface area contributed by atoms with Gasteiger partial charge in [-0.1, -0.05) is 6.58 Å². The second-order valence-corrected chi connectivity index (χ2v) is 3.32. The molecule has 0 atom stereocenters. The summed E-state index contributed by atoms with van der Waals surface area (Å²) >= 11 is 0. The van der Waals surface area contributed by atoms with Gasteiger partial charge in [0.2, 0.25) is 0 Å². The minimum absolute atomic E-state index is 0.855. The van der Waals surface area contributed by atoms with Crippen molar-refractivity contribution < 1.29 is 0 Å². The van der Waals surface area contributed by atoms with Gasteiger partial charge in [0.1, 0.15) is 0 Å². The van der Waals surface area contributed by atoms with Gasteiger partial charge in [0, 0.05) is 18.8 Å². The Morgan fingerprint density at radius 3 is 2.77 bits per heavy atom. The van der Waals surface area contributed by atoms with Crippen LogP contribution in [0.3, 0.4) is 0 Å². The maximum Gasteiger partial charge on any atom is 0.0954 e. The molecular formula is C10H17N3. The summed E-state index contributed by atoms with van der Waals surface area (Å²) in [5, 5.41) is 3.08. The summed E-state index contributed by atoms with van der Waals surface area (Å²) in [6.45, 7) is 9.79. The van der Waals surface area contributed by atoms with E-state index in [9.17, 15) is 0 Å². The van der Waals surface area contributed by atoms with E-state index in [-0.39, 0.29) is 0 Å². The summed E-state index contributed by atoms with van der Waals surface area (Å²) in [4.78, 5) is 4.23. The predicted molar refractivity (Wildman–Crippen MR) is 54.8 cm³/mol. The number of imidazole rings is 1. The molecule has 0 aliphatic heterocycles. The molecule has 0 spiro atoms. The molecule has 0 bridgehead atoms. The molecule has 0 fully saturated rings. The average Bonchev–Trinajstić information content (AvgIpc) is 2.37. The van der Waals surface area contributed by atoms with Crippen LogP contribution in [-0.2, 0) is 6.54 Å². The normalized spacial score (nSPS) is 10.4. The lowest BCUT2D eigenvalue weighted by molar-refractivity contribution is 0.718. The van der Waals surface area contributed by atoms with E-state index in [4.69, 9.17) is 0 Å². The second kappa shape index (κ2) is 4.23. The summed E-state index contributed by atoms with van der Waals surface area (Å²) in [6.07, 6.45) is 1.87. The first-order valence-corrected chi connectivity index (χ1v) is 4.44. The monoisotopic (exact) mass is 179 g/mol. The number of aryl methyl sites for hydroxylation is 1. The van der Waals surface area contributed by atoms with Gasteiger partial charge in [-0.2, -0.15) is 0 Å². The van der Waals surface area contributed by atoms with Crippen molar-refractivity contribution >= 4 is 0 Å². The zero-order chi connectivity index (χ0) is 9.84. The molecule has 0 unspecified atom stereocenters.